The number of hydrogen-bond acceptors (Lipinski definition) is 5. The summed E-state index contributed by atoms with van der Waals surface area (Å²) in [5, 5.41) is 5.56. The van der Waals surface area contributed by atoms with E-state index in [-0.39, 0.29) is 36.7 Å². The summed E-state index contributed by atoms with van der Waals surface area (Å²) in [6.07, 6.45) is 0.285. The fraction of sp³-hybridized carbons (Fsp3) is 0.300. The number of carbonyl (C=O) groups excluding carboxylic acids is 2. The lowest BCUT2D eigenvalue weighted by molar-refractivity contribution is -0.121. The molecule has 4 N–H and O–H groups in total. The Hall–Kier alpha value is -2.77. The average Bonchev–Trinajstić information content (AvgIpc) is 2.65. The van der Waals surface area contributed by atoms with Gasteiger partial charge in [0.2, 0.25) is 5.91 Å². The van der Waals surface area contributed by atoms with Crippen LogP contribution in [-0.4, -0.2) is 38.1 Å². The molecule has 8 heteroatoms. The number of methoxy groups -OCH3 is 1. The Balaban J connectivity index is 0.00000392. The Morgan fingerprint density at radius 1 is 1.11 bits per heavy atom. The molecule has 1 unspecified atom stereocenters. The molecule has 2 aromatic rings. The van der Waals surface area contributed by atoms with Crippen LogP contribution >= 0.6 is 12.4 Å². The van der Waals surface area contributed by atoms with Crippen LogP contribution in [0.1, 0.15) is 23.7 Å². The van der Waals surface area contributed by atoms with Gasteiger partial charge in [-0.3, -0.25) is 9.59 Å². The molecule has 0 heterocycles. The van der Waals surface area contributed by atoms with E-state index in [0.717, 1.165) is 0 Å². The van der Waals surface area contributed by atoms with E-state index >= 15 is 0 Å². The van der Waals surface area contributed by atoms with Crippen molar-refractivity contribution >= 4 is 29.9 Å². The summed E-state index contributed by atoms with van der Waals surface area (Å²) >= 11 is 0. The largest absolute Gasteiger partial charge is 0.497 e. The van der Waals surface area contributed by atoms with Crippen LogP contribution in [0.2, 0.25) is 0 Å². The molecule has 0 radical (unpaired) electrons. The molecule has 2 amide bonds. The second-order valence-corrected chi connectivity index (χ2v) is 6.09. The molecule has 0 aliphatic carbocycles. The quantitative estimate of drug-likeness (QED) is 0.554. The molecule has 1 atom stereocenters. The summed E-state index contributed by atoms with van der Waals surface area (Å²) in [5.41, 5.74) is 6.72. The van der Waals surface area contributed by atoms with Gasteiger partial charge in [0.05, 0.1) is 13.7 Å². The van der Waals surface area contributed by atoms with Crippen molar-refractivity contribution in [2.75, 3.05) is 25.6 Å². The van der Waals surface area contributed by atoms with Gasteiger partial charge in [0.1, 0.15) is 18.1 Å². The second kappa shape index (κ2) is 11.8. The summed E-state index contributed by atoms with van der Waals surface area (Å²) in [7, 11) is 1.57. The zero-order valence-corrected chi connectivity index (χ0v) is 16.8. The number of halogens is 1. The maximum Gasteiger partial charge on any atom is 0.255 e. The van der Waals surface area contributed by atoms with Gasteiger partial charge in [-0.15, -0.1) is 12.4 Å². The molecule has 0 bridgehead atoms. The van der Waals surface area contributed by atoms with E-state index in [2.05, 4.69) is 10.6 Å². The number of benzene rings is 2. The molecule has 152 valence electrons. The Kier molecular flexibility index (Phi) is 9.84. The summed E-state index contributed by atoms with van der Waals surface area (Å²) in [6.45, 7) is 2.48. The first-order chi connectivity index (χ1) is 13.0. The molecule has 2 aromatic carbocycles. The Morgan fingerprint density at radius 2 is 1.82 bits per heavy atom. The third kappa shape index (κ3) is 7.85. The van der Waals surface area contributed by atoms with Crippen LogP contribution in [0, 0.1) is 0 Å². The van der Waals surface area contributed by atoms with Gasteiger partial charge in [-0.1, -0.05) is 6.07 Å². The van der Waals surface area contributed by atoms with E-state index in [1.807, 2.05) is 0 Å². The van der Waals surface area contributed by atoms with E-state index in [4.69, 9.17) is 15.2 Å². The van der Waals surface area contributed by atoms with Crippen molar-refractivity contribution in [1.29, 1.82) is 0 Å². The first-order valence-corrected chi connectivity index (χ1v) is 8.68. The summed E-state index contributed by atoms with van der Waals surface area (Å²) < 4.78 is 10.7. The number of nitrogens with two attached hydrogens (primary N) is 1. The third-order valence-corrected chi connectivity index (χ3v) is 3.64. The maximum atomic E-state index is 12.3. The lowest BCUT2D eigenvalue weighted by Crippen LogP contribution is -2.32. The van der Waals surface area contributed by atoms with Gasteiger partial charge < -0.3 is 25.8 Å². The minimum absolute atomic E-state index is 0. The van der Waals surface area contributed by atoms with Gasteiger partial charge in [-0.05, 0) is 43.3 Å². The van der Waals surface area contributed by atoms with Gasteiger partial charge in [-0.25, -0.2) is 0 Å². The molecule has 0 fully saturated rings. The minimum atomic E-state index is -0.224. The number of ether oxygens (including phenoxy) is 2. The molecule has 28 heavy (non-hydrogen) atoms. The Bertz CT molecular complexity index is 766. The molecule has 0 saturated heterocycles. The predicted octanol–water partition coefficient (Wildman–Crippen LogP) is 2.60. The minimum Gasteiger partial charge on any atom is -0.497 e. The van der Waals surface area contributed by atoms with E-state index in [1.54, 1.807) is 62.6 Å². The Morgan fingerprint density at radius 3 is 2.46 bits per heavy atom. The van der Waals surface area contributed by atoms with Gasteiger partial charge >= 0.3 is 0 Å². The number of carbonyl (C=O) groups is 2. The smallest absolute Gasteiger partial charge is 0.255 e. The zero-order valence-electron chi connectivity index (χ0n) is 15.9. The monoisotopic (exact) mass is 407 g/mol. The highest BCUT2D eigenvalue weighted by Crippen LogP contribution is 2.19. The normalized spacial score (nSPS) is 11.0. The van der Waals surface area contributed by atoms with Gasteiger partial charge in [0.15, 0.2) is 0 Å². The standard InChI is InChI=1S/C20H25N3O4.ClH/c1-14(21)12-19(24)22-10-11-27-18-5-3-4-16(13-18)23-20(25)15-6-8-17(26-2)9-7-15;/h3-9,13-14H,10-12,21H2,1-2H3,(H,22,24)(H,23,25);1H. The van der Waals surface area contributed by atoms with Crippen LogP contribution in [0.3, 0.4) is 0 Å². The first-order valence-electron chi connectivity index (χ1n) is 8.68. The lowest BCUT2D eigenvalue weighted by atomic mass is 10.2. The van der Waals surface area contributed by atoms with Crippen molar-refractivity contribution in [2.45, 2.75) is 19.4 Å². The highest BCUT2D eigenvalue weighted by atomic mass is 35.5. The molecule has 0 spiro atoms. The number of rotatable bonds is 9. The summed E-state index contributed by atoms with van der Waals surface area (Å²) in [4.78, 5) is 23.8. The van der Waals surface area contributed by atoms with Crippen molar-refractivity contribution in [1.82, 2.24) is 5.32 Å². The predicted molar refractivity (Wildman–Crippen MR) is 111 cm³/mol. The number of nitrogens with one attached hydrogen (secondary N) is 2. The molecular weight excluding hydrogens is 382 g/mol. The third-order valence-electron chi connectivity index (χ3n) is 3.64. The van der Waals surface area contributed by atoms with Crippen LogP contribution in [0.5, 0.6) is 11.5 Å². The fourth-order valence-corrected chi connectivity index (χ4v) is 2.33. The highest BCUT2D eigenvalue weighted by Gasteiger charge is 2.07. The molecule has 7 nitrogen and oxygen atoms in total. The van der Waals surface area contributed by atoms with Crippen molar-refractivity contribution in [3.8, 4) is 11.5 Å². The summed E-state index contributed by atoms with van der Waals surface area (Å²) in [5.74, 6) is 0.964. The topological polar surface area (TPSA) is 103 Å². The first kappa shape index (κ1) is 23.3. The van der Waals surface area contributed by atoms with E-state index in [0.29, 0.717) is 35.9 Å². The number of amides is 2. The summed E-state index contributed by atoms with van der Waals surface area (Å²) in [6, 6.07) is 13.8. The Labute approximate surface area is 171 Å². The van der Waals surface area contributed by atoms with Crippen LogP contribution in [-0.2, 0) is 4.79 Å². The molecule has 0 saturated carbocycles. The molecular formula is C20H26ClN3O4. The highest BCUT2D eigenvalue weighted by molar-refractivity contribution is 6.04. The van der Waals surface area contributed by atoms with Crippen LogP contribution < -0.4 is 25.8 Å². The fourth-order valence-electron chi connectivity index (χ4n) is 2.33. The van der Waals surface area contributed by atoms with Crippen LogP contribution in [0.15, 0.2) is 48.5 Å². The van der Waals surface area contributed by atoms with E-state index in [9.17, 15) is 9.59 Å². The van der Waals surface area contributed by atoms with Gasteiger partial charge in [0.25, 0.3) is 5.91 Å². The number of hydrogen-bond donors (Lipinski definition) is 3. The molecule has 0 aliphatic heterocycles. The maximum absolute atomic E-state index is 12.3. The van der Waals surface area contributed by atoms with Crippen molar-refractivity contribution < 1.29 is 19.1 Å². The van der Waals surface area contributed by atoms with Crippen LogP contribution in [0.25, 0.3) is 0 Å². The van der Waals surface area contributed by atoms with E-state index in [1.165, 1.54) is 0 Å². The van der Waals surface area contributed by atoms with Crippen molar-refractivity contribution in [3.05, 3.63) is 54.1 Å². The van der Waals surface area contributed by atoms with Crippen molar-refractivity contribution in [3.63, 3.8) is 0 Å². The molecule has 0 aromatic heterocycles. The molecule has 0 aliphatic rings. The SMILES string of the molecule is COc1ccc(C(=O)Nc2cccc(OCCNC(=O)CC(C)N)c2)cc1.Cl. The number of anilines is 1. The van der Waals surface area contributed by atoms with Gasteiger partial charge in [-0.2, -0.15) is 0 Å². The van der Waals surface area contributed by atoms with E-state index < -0.39 is 0 Å². The average molecular weight is 408 g/mol. The van der Waals surface area contributed by atoms with Crippen molar-refractivity contribution in [2.24, 2.45) is 5.73 Å². The van der Waals surface area contributed by atoms with Crippen LogP contribution in [0.4, 0.5) is 5.69 Å². The zero-order chi connectivity index (χ0) is 19.6. The second-order valence-electron chi connectivity index (χ2n) is 6.09. The lowest BCUT2D eigenvalue weighted by Gasteiger charge is -2.11. The van der Waals surface area contributed by atoms with Gasteiger partial charge in [0, 0.05) is 29.8 Å². The molecule has 2 rings (SSSR count).